The minimum absolute atomic E-state index is 0.00970. The van der Waals surface area contributed by atoms with Gasteiger partial charge in [-0.1, -0.05) is 12.1 Å². The number of hydrogen-bond acceptors (Lipinski definition) is 7. The molecule has 4 rings (SSSR count). The van der Waals surface area contributed by atoms with Gasteiger partial charge in [-0.05, 0) is 31.9 Å². The number of carbonyl (C=O) groups is 3. The quantitative estimate of drug-likeness (QED) is 0.635. The third-order valence-electron chi connectivity index (χ3n) is 5.80. The summed E-state index contributed by atoms with van der Waals surface area (Å²) in [7, 11) is 0. The van der Waals surface area contributed by atoms with Gasteiger partial charge in [-0.3, -0.25) is 14.3 Å². The van der Waals surface area contributed by atoms with Crippen LogP contribution in [-0.2, 0) is 25.6 Å². The Morgan fingerprint density at radius 2 is 1.90 bits per heavy atom. The number of amides is 2. The van der Waals surface area contributed by atoms with Crippen LogP contribution in [0.3, 0.4) is 0 Å². The number of benzene rings is 1. The molecule has 0 saturated carbocycles. The van der Waals surface area contributed by atoms with Gasteiger partial charge in [-0.25, -0.2) is 14.4 Å². The van der Waals surface area contributed by atoms with Crippen LogP contribution in [-0.4, -0.2) is 70.7 Å². The van der Waals surface area contributed by atoms with Crippen LogP contribution in [0.2, 0.25) is 0 Å². The smallest absolute Gasteiger partial charge is 0.419 e. The van der Waals surface area contributed by atoms with E-state index in [9.17, 15) is 19.2 Å². The summed E-state index contributed by atoms with van der Waals surface area (Å²) < 4.78 is 16.8. The largest absolute Gasteiger partial charge is 0.464 e. The van der Waals surface area contributed by atoms with Gasteiger partial charge in [0.1, 0.15) is 6.61 Å². The zero-order chi connectivity index (χ0) is 22.0. The molecule has 1 aromatic carbocycles. The fourth-order valence-electron chi connectivity index (χ4n) is 4.24. The van der Waals surface area contributed by atoms with E-state index in [1.807, 2.05) is 6.07 Å². The van der Waals surface area contributed by atoms with Crippen LogP contribution >= 0.6 is 0 Å². The first kappa shape index (κ1) is 21.0. The monoisotopic (exact) mass is 431 g/mol. The van der Waals surface area contributed by atoms with Crippen molar-refractivity contribution in [2.75, 3.05) is 26.3 Å². The van der Waals surface area contributed by atoms with E-state index in [1.165, 1.54) is 9.47 Å². The molecule has 1 unspecified atom stereocenters. The lowest BCUT2D eigenvalue weighted by atomic mass is 10.0. The van der Waals surface area contributed by atoms with Crippen molar-refractivity contribution in [2.24, 2.45) is 0 Å². The lowest BCUT2D eigenvalue weighted by Gasteiger charge is -2.37. The number of para-hydroxylation sites is 2. The summed E-state index contributed by atoms with van der Waals surface area (Å²) in [5.41, 5.74) is 1.16. The second-order valence-corrected chi connectivity index (χ2v) is 7.60. The maximum atomic E-state index is 12.7. The maximum absolute atomic E-state index is 12.7. The van der Waals surface area contributed by atoms with E-state index in [4.69, 9.17) is 13.9 Å². The molecule has 1 aromatic heterocycles. The van der Waals surface area contributed by atoms with Gasteiger partial charge in [0.05, 0.1) is 12.1 Å². The lowest BCUT2D eigenvalue weighted by molar-refractivity contribution is -0.149. The average Bonchev–Trinajstić information content (AvgIpc) is 3.31. The Bertz CT molecular complexity index is 1040. The number of esters is 1. The minimum atomic E-state index is -0.735. The van der Waals surface area contributed by atoms with Crippen LogP contribution in [0.1, 0.15) is 26.2 Å². The normalized spacial score (nSPS) is 19.6. The molecule has 2 fully saturated rings. The van der Waals surface area contributed by atoms with Crippen molar-refractivity contribution < 1.29 is 28.3 Å². The molecule has 0 N–H and O–H groups in total. The third kappa shape index (κ3) is 4.14. The third-order valence-corrected chi connectivity index (χ3v) is 5.80. The zero-order valence-electron chi connectivity index (χ0n) is 17.3. The van der Waals surface area contributed by atoms with Crippen molar-refractivity contribution in [1.29, 1.82) is 0 Å². The van der Waals surface area contributed by atoms with Gasteiger partial charge >= 0.3 is 17.8 Å². The molecule has 0 spiro atoms. The highest BCUT2D eigenvalue weighted by atomic mass is 16.6. The van der Waals surface area contributed by atoms with E-state index in [1.54, 1.807) is 30.0 Å². The highest BCUT2D eigenvalue weighted by molar-refractivity contribution is 5.84. The van der Waals surface area contributed by atoms with Gasteiger partial charge in [0.15, 0.2) is 11.6 Å². The van der Waals surface area contributed by atoms with Crippen LogP contribution in [0.4, 0.5) is 4.79 Å². The fourth-order valence-corrected chi connectivity index (χ4v) is 4.24. The standard InChI is InChI=1S/C21H25N3O7/c1-2-29-19(26)16-13-30-21(28)24(16)14-7-10-22(11-8-14)18(25)9-12-23-15-5-3-4-6-17(15)31-20(23)27/h3-6,14,16H,2,7-13H2,1H3. The number of cyclic esters (lactones) is 1. The first-order valence-electron chi connectivity index (χ1n) is 10.5. The molecule has 1 atom stereocenters. The molecule has 0 bridgehead atoms. The van der Waals surface area contributed by atoms with Gasteiger partial charge in [0.2, 0.25) is 5.91 Å². The number of aryl methyl sites for hydroxylation is 1. The number of carbonyl (C=O) groups excluding carboxylic acids is 3. The molecule has 2 aromatic rings. The Kier molecular flexibility index (Phi) is 5.97. The van der Waals surface area contributed by atoms with Gasteiger partial charge < -0.3 is 18.8 Å². The number of ether oxygens (including phenoxy) is 2. The maximum Gasteiger partial charge on any atom is 0.419 e. The number of nitrogens with zero attached hydrogens (tertiary/aromatic N) is 3. The topological polar surface area (TPSA) is 111 Å². The molecule has 3 heterocycles. The molecule has 31 heavy (non-hydrogen) atoms. The van der Waals surface area contributed by atoms with Gasteiger partial charge in [0, 0.05) is 32.1 Å². The van der Waals surface area contributed by atoms with Gasteiger partial charge in [0.25, 0.3) is 0 Å². The van der Waals surface area contributed by atoms with E-state index in [-0.39, 0.29) is 38.1 Å². The van der Waals surface area contributed by atoms with E-state index in [0.29, 0.717) is 37.0 Å². The van der Waals surface area contributed by atoms with Crippen molar-refractivity contribution in [3.05, 3.63) is 34.8 Å². The number of aromatic nitrogens is 1. The Morgan fingerprint density at radius 3 is 2.65 bits per heavy atom. The first-order valence-corrected chi connectivity index (χ1v) is 10.5. The summed E-state index contributed by atoms with van der Waals surface area (Å²) >= 11 is 0. The summed E-state index contributed by atoms with van der Waals surface area (Å²) in [5, 5.41) is 0. The zero-order valence-corrected chi connectivity index (χ0v) is 17.3. The van der Waals surface area contributed by atoms with Crippen LogP contribution in [0.25, 0.3) is 11.1 Å². The predicted molar refractivity (Wildman–Crippen MR) is 108 cm³/mol. The molecular weight excluding hydrogens is 406 g/mol. The summed E-state index contributed by atoms with van der Waals surface area (Å²) in [4.78, 5) is 52.2. The van der Waals surface area contributed by atoms with Gasteiger partial charge in [-0.15, -0.1) is 0 Å². The van der Waals surface area contributed by atoms with Crippen LogP contribution < -0.4 is 5.76 Å². The number of fused-ring (bicyclic) bond motifs is 1. The average molecular weight is 431 g/mol. The molecule has 2 saturated heterocycles. The first-order chi connectivity index (χ1) is 15.0. The molecular formula is C21H25N3O7. The van der Waals surface area contributed by atoms with Crippen LogP contribution in [0.5, 0.6) is 0 Å². The van der Waals surface area contributed by atoms with Crippen LogP contribution in [0.15, 0.2) is 33.5 Å². The summed E-state index contributed by atoms with van der Waals surface area (Å²) in [6.07, 6.45) is 0.746. The molecule has 2 aliphatic heterocycles. The molecule has 2 amide bonds. The Labute approximate surface area is 178 Å². The number of rotatable bonds is 6. The summed E-state index contributed by atoms with van der Waals surface area (Å²) in [6.45, 7) is 3.10. The second-order valence-electron chi connectivity index (χ2n) is 7.60. The highest BCUT2D eigenvalue weighted by Crippen LogP contribution is 2.25. The Morgan fingerprint density at radius 1 is 1.16 bits per heavy atom. The Balaban J connectivity index is 1.33. The number of piperidine rings is 1. The van der Waals surface area contributed by atoms with E-state index in [2.05, 4.69) is 0 Å². The minimum Gasteiger partial charge on any atom is -0.464 e. The molecule has 10 heteroatoms. The van der Waals surface area contributed by atoms with Crippen molar-refractivity contribution in [1.82, 2.24) is 14.4 Å². The SMILES string of the molecule is CCOC(=O)C1COC(=O)N1C1CCN(C(=O)CCn2c(=O)oc3ccccc32)CC1. The van der Waals surface area contributed by atoms with E-state index >= 15 is 0 Å². The molecule has 10 nitrogen and oxygen atoms in total. The second kappa shape index (κ2) is 8.83. The van der Waals surface area contributed by atoms with Crippen molar-refractivity contribution in [2.45, 2.75) is 44.8 Å². The summed E-state index contributed by atoms with van der Waals surface area (Å²) in [5.74, 6) is -1.02. The van der Waals surface area contributed by atoms with Gasteiger partial charge in [-0.2, -0.15) is 0 Å². The fraction of sp³-hybridized carbons (Fsp3) is 0.524. The molecule has 0 radical (unpaired) electrons. The number of oxazole rings is 1. The van der Waals surface area contributed by atoms with Crippen molar-refractivity contribution in [3.8, 4) is 0 Å². The summed E-state index contributed by atoms with van der Waals surface area (Å²) in [6, 6.07) is 6.17. The number of likely N-dealkylation sites (tertiary alicyclic amines) is 1. The lowest BCUT2D eigenvalue weighted by Crippen LogP contribution is -2.52. The predicted octanol–water partition coefficient (Wildman–Crippen LogP) is 1.36. The van der Waals surface area contributed by atoms with E-state index in [0.717, 1.165) is 0 Å². The number of hydrogen-bond donors (Lipinski definition) is 0. The van der Waals surface area contributed by atoms with E-state index < -0.39 is 23.9 Å². The van der Waals surface area contributed by atoms with Crippen molar-refractivity contribution in [3.63, 3.8) is 0 Å². The molecule has 166 valence electrons. The Hall–Kier alpha value is -3.30. The molecule has 0 aliphatic carbocycles. The molecule has 2 aliphatic rings. The van der Waals surface area contributed by atoms with Crippen LogP contribution in [0, 0.1) is 0 Å². The van der Waals surface area contributed by atoms with Crippen molar-refractivity contribution >= 4 is 29.1 Å². The highest BCUT2D eigenvalue weighted by Gasteiger charge is 2.44.